The van der Waals surface area contributed by atoms with Crippen LogP contribution in [0.2, 0.25) is 0 Å². The zero-order valence-electron chi connectivity index (χ0n) is 26.8. The number of hydrogen-bond donors (Lipinski definition) is 4. The lowest BCUT2D eigenvalue weighted by molar-refractivity contribution is -0.131. The fourth-order valence-corrected chi connectivity index (χ4v) is 4.46. The molecule has 12 nitrogen and oxygen atoms in total. The highest BCUT2D eigenvalue weighted by Gasteiger charge is 2.31. The van der Waals surface area contributed by atoms with Crippen LogP contribution in [0.3, 0.4) is 0 Å². The van der Waals surface area contributed by atoms with Gasteiger partial charge >= 0.3 is 0 Å². The summed E-state index contributed by atoms with van der Waals surface area (Å²) in [5.74, 6) is -2.01. The van der Waals surface area contributed by atoms with Gasteiger partial charge in [0.05, 0.1) is 6.10 Å². The number of carbonyl (C=O) groups excluding carboxylic acids is 4. The Bertz CT molecular complexity index is 1600. The summed E-state index contributed by atoms with van der Waals surface area (Å²) in [6.45, 7) is 8.87. The molecule has 0 aliphatic rings. The van der Waals surface area contributed by atoms with Crippen molar-refractivity contribution in [2.24, 2.45) is 5.92 Å². The second-order valence-electron chi connectivity index (χ2n) is 11.5. The van der Waals surface area contributed by atoms with E-state index in [0.717, 1.165) is 11.1 Å². The number of aliphatic hydroxyl groups is 1. The highest BCUT2D eigenvalue weighted by molar-refractivity contribution is 6.08. The predicted molar refractivity (Wildman–Crippen MR) is 171 cm³/mol. The SMILES string of the molecule is Cc1ccc(CNC(=O)[C@H](Cc2ccc(N(C)C(=O)C(C#N)=CC(C)C)cc2)NC(=O)[C@@H](NC(=O)c2cc(C)on2)[C@@H](C)O)cc1. The van der Waals surface area contributed by atoms with E-state index in [0.29, 0.717) is 17.0 Å². The van der Waals surface area contributed by atoms with Crippen LogP contribution in [-0.4, -0.2) is 59.1 Å². The number of nitriles is 1. The quantitative estimate of drug-likeness (QED) is 0.165. The number of rotatable bonds is 13. The first-order valence-corrected chi connectivity index (χ1v) is 14.8. The second-order valence-corrected chi connectivity index (χ2v) is 11.5. The van der Waals surface area contributed by atoms with Gasteiger partial charge in [0.2, 0.25) is 11.8 Å². The maximum atomic E-state index is 13.4. The maximum Gasteiger partial charge on any atom is 0.274 e. The molecule has 0 unspecified atom stereocenters. The number of aromatic nitrogens is 1. The van der Waals surface area contributed by atoms with E-state index in [9.17, 15) is 29.5 Å². The Balaban J connectivity index is 1.80. The number of aryl methyl sites for hydroxylation is 2. The topological polar surface area (TPSA) is 178 Å². The molecule has 12 heteroatoms. The Kier molecular flexibility index (Phi) is 12.4. The summed E-state index contributed by atoms with van der Waals surface area (Å²) in [7, 11) is 1.56. The van der Waals surface area contributed by atoms with Crippen molar-refractivity contribution < 1.29 is 28.8 Å². The number of nitrogens with zero attached hydrogens (tertiary/aromatic N) is 3. The molecular weight excluding hydrogens is 588 g/mol. The fraction of sp³-hybridized carbons (Fsp3) is 0.353. The molecule has 1 heterocycles. The zero-order valence-corrected chi connectivity index (χ0v) is 26.8. The highest BCUT2D eigenvalue weighted by atomic mass is 16.5. The van der Waals surface area contributed by atoms with Crippen molar-refractivity contribution in [2.45, 2.75) is 65.8 Å². The van der Waals surface area contributed by atoms with E-state index in [1.165, 1.54) is 17.9 Å². The Hall–Kier alpha value is -5.28. The molecule has 0 aliphatic heterocycles. The maximum absolute atomic E-state index is 13.4. The summed E-state index contributed by atoms with van der Waals surface area (Å²) >= 11 is 0. The van der Waals surface area contributed by atoms with Gasteiger partial charge in [-0.15, -0.1) is 0 Å². The van der Waals surface area contributed by atoms with Crippen molar-refractivity contribution in [3.8, 4) is 6.07 Å². The van der Waals surface area contributed by atoms with Gasteiger partial charge in [-0.05, 0) is 49.9 Å². The normalized spacial score (nSPS) is 13.2. The molecule has 242 valence electrons. The molecule has 0 aliphatic carbocycles. The smallest absolute Gasteiger partial charge is 0.274 e. The molecule has 2 aromatic carbocycles. The number of nitrogens with one attached hydrogen (secondary N) is 3. The standard InChI is InChI=1S/C34H40N6O6/c1-20(2)15-26(18-35)34(45)40(6)27-13-11-24(12-14-27)17-28(31(42)36-19-25-9-7-21(3)8-10-25)37-33(44)30(23(5)41)38-32(43)29-16-22(4)46-39-29/h7-16,20,23,28,30,41H,17,19H2,1-6H3,(H,36,42)(H,37,44)(H,38,43)/t23-,28+,30+/m1/s1. The van der Waals surface area contributed by atoms with E-state index >= 15 is 0 Å². The molecule has 0 spiro atoms. The average molecular weight is 629 g/mol. The second kappa shape index (κ2) is 16.2. The van der Waals surface area contributed by atoms with Gasteiger partial charge < -0.3 is 30.5 Å². The van der Waals surface area contributed by atoms with E-state index in [2.05, 4.69) is 21.1 Å². The third-order valence-corrected chi connectivity index (χ3v) is 7.05. The number of allylic oxidation sites excluding steroid dienone is 1. The molecule has 0 bridgehead atoms. The third-order valence-electron chi connectivity index (χ3n) is 7.05. The van der Waals surface area contributed by atoms with Gasteiger partial charge in [-0.2, -0.15) is 5.26 Å². The Morgan fingerprint density at radius 2 is 1.61 bits per heavy atom. The van der Waals surface area contributed by atoms with E-state index in [1.807, 2.05) is 51.1 Å². The molecule has 46 heavy (non-hydrogen) atoms. The van der Waals surface area contributed by atoms with Crippen LogP contribution < -0.4 is 20.9 Å². The Morgan fingerprint density at radius 3 is 2.15 bits per heavy atom. The van der Waals surface area contributed by atoms with Crippen molar-refractivity contribution in [3.05, 3.63) is 94.4 Å². The lowest BCUT2D eigenvalue weighted by Crippen LogP contribution is -2.57. The molecule has 3 rings (SSSR count). The van der Waals surface area contributed by atoms with Gasteiger partial charge in [-0.25, -0.2) is 0 Å². The van der Waals surface area contributed by atoms with E-state index in [-0.39, 0.29) is 30.2 Å². The van der Waals surface area contributed by atoms with Gasteiger partial charge in [0.25, 0.3) is 11.8 Å². The summed E-state index contributed by atoms with van der Waals surface area (Å²) in [4.78, 5) is 53.7. The summed E-state index contributed by atoms with van der Waals surface area (Å²) < 4.78 is 4.92. The van der Waals surface area contributed by atoms with Crippen LogP contribution >= 0.6 is 0 Å². The van der Waals surface area contributed by atoms with Crippen LogP contribution in [0.15, 0.2) is 70.8 Å². The number of benzene rings is 2. The molecule has 0 saturated heterocycles. The molecule has 3 aromatic rings. The molecular formula is C34H40N6O6. The third kappa shape index (κ3) is 9.87. The highest BCUT2D eigenvalue weighted by Crippen LogP contribution is 2.18. The van der Waals surface area contributed by atoms with E-state index < -0.39 is 41.8 Å². The average Bonchev–Trinajstić information content (AvgIpc) is 3.47. The number of amides is 4. The molecule has 0 fully saturated rings. The molecule has 0 saturated carbocycles. The van der Waals surface area contributed by atoms with Crippen molar-refractivity contribution in [1.29, 1.82) is 5.26 Å². The Morgan fingerprint density at radius 1 is 0.978 bits per heavy atom. The zero-order chi connectivity index (χ0) is 34.0. The van der Waals surface area contributed by atoms with Crippen LogP contribution in [-0.2, 0) is 27.3 Å². The first kappa shape index (κ1) is 35.2. The first-order valence-electron chi connectivity index (χ1n) is 14.8. The number of aliphatic hydroxyl groups excluding tert-OH is 1. The van der Waals surface area contributed by atoms with Crippen molar-refractivity contribution in [1.82, 2.24) is 21.1 Å². The number of likely N-dealkylation sites (N-methyl/N-ethyl adjacent to an activating group) is 1. The van der Waals surface area contributed by atoms with Crippen LogP contribution in [0.4, 0.5) is 5.69 Å². The monoisotopic (exact) mass is 628 g/mol. The lowest BCUT2D eigenvalue weighted by atomic mass is 10.0. The molecule has 4 N–H and O–H groups in total. The summed E-state index contributed by atoms with van der Waals surface area (Å²) in [5.41, 5.74) is 3.10. The summed E-state index contributed by atoms with van der Waals surface area (Å²) in [6, 6.07) is 15.3. The molecule has 0 radical (unpaired) electrons. The van der Waals surface area contributed by atoms with Crippen LogP contribution in [0.5, 0.6) is 0 Å². The fourth-order valence-electron chi connectivity index (χ4n) is 4.46. The first-order chi connectivity index (χ1) is 21.8. The van der Waals surface area contributed by atoms with Crippen LogP contribution in [0.25, 0.3) is 0 Å². The molecule has 1 aromatic heterocycles. The number of carbonyl (C=O) groups is 4. The number of anilines is 1. The number of hydrogen-bond acceptors (Lipinski definition) is 8. The minimum Gasteiger partial charge on any atom is -0.391 e. The molecule has 3 atom stereocenters. The van der Waals surface area contributed by atoms with Crippen LogP contribution in [0, 0.1) is 31.1 Å². The van der Waals surface area contributed by atoms with Crippen molar-refractivity contribution in [3.63, 3.8) is 0 Å². The van der Waals surface area contributed by atoms with E-state index in [4.69, 9.17) is 4.52 Å². The Labute approximate surface area is 268 Å². The predicted octanol–water partition coefficient (Wildman–Crippen LogP) is 2.88. The minimum absolute atomic E-state index is 0.0203. The van der Waals surface area contributed by atoms with Crippen LogP contribution in [0.1, 0.15) is 53.7 Å². The van der Waals surface area contributed by atoms with Gasteiger partial charge in [-0.1, -0.05) is 67.0 Å². The van der Waals surface area contributed by atoms with Crippen molar-refractivity contribution >= 4 is 29.3 Å². The summed E-state index contributed by atoms with van der Waals surface area (Å²) in [6.07, 6.45) is 0.359. The summed E-state index contributed by atoms with van der Waals surface area (Å²) in [5, 5.41) is 31.4. The van der Waals surface area contributed by atoms with Gasteiger partial charge in [0.1, 0.15) is 29.5 Å². The van der Waals surface area contributed by atoms with Gasteiger partial charge in [0.15, 0.2) is 5.69 Å². The molecule has 4 amide bonds. The van der Waals surface area contributed by atoms with Gasteiger partial charge in [-0.3, -0.25) is 19.2 Å². The largest absolute Gasteiger partial charge is 0.391 e. The minimum atomic E-state index is -1.40. The van der Waals surface area contributed by atoms with E-state index in [1.54, 1.807) is 44.3 Å². The van der Waals surface area contributed by atoms with Gasteiger partial charge in [0, 0.05) is 31.8 Å². The lowest BCUT2D eigenvalue weighted by Gasteiger charge is -2.25. The van der Waals surface area contributed by atoms with Crippen molar-refractivity contribution in [2.75, 3.05) is 11.9 Å².